The van der Waals surface area contributed by atoms with Gasteiger partial charge in [0.2, 0.25) is 0 Å². The summed E-state index contributed by atoms with van der Waals surface area (Å²) in [5, 5.41) is 8.75. The van der Waals surface area contributed by atoms with Crippen LogP contribution in [0, 0.1) is 11.8 Å². The van der Waals surface area contributed by atoms with E-state index in [4.69, 9.17) is 5.11 Å². The smallest absolute Gasteiger partial charge is 0.306 e. The van der Waals surface area contributed by atoms with E-state index in [-0.39, 0.29) is 5.92 Å². The van der Waals surface area contributed by atoms with Gasteiger partial charge in [-0.15, -0.1) is 0 Å². The molecule has 2 aliphatic carbocycles. The molecule has 15 heavy (non-hydrogen) atoms. The van der Waals surface area contributed by atoms with E-state index in [0.717, 1.165) is 25.7 Å². The summed E-state index contributed by atoms with van der Waals surface area (Å²) in [7, 11) is 0. The maximum absolute atomic E-state index is 10.6. The van der Waals surface area contributed by atoms with Crippen LogP contribution in [0.25, 0.3) is 0 Å². The molecule has 0 bridgehead atoms. The van der Waals surface area contributed by atoms with Crippen molar-refractivity contribution in [1.82, 2.24) is 0 Å². The zero-order valence-corrected chi connectivity index (χ0v) is 8.98. The highest BCUT2D eigenvalue weighted by molar-refractivity contribution is 5.73. The SMILES string of the molecule is O=C(O)C1CC1CCCC1=CCCC=C1. The Morgan fingerprint density at radius 2 is 2.33 bits per heavy atom. The summed E-state index contributed by atoms with van der Waals surface area (Å²) in [5.74, 6) is -0.159. The van der Waals surface area contributed by atoms with Crippen molar-refractivity contribution in [1.29, 1.82) is 0 Å². The summed E-state index contributed by atoms with van der Waals surface area (Å²) in [6.07, 6.45) is 13.4. The fraction of sp³-hybridized carbons (Fsp3) is 0.615. The monoisotopic (exact) mass is 206 g/mol. The number of carbonyl (C=O) groups is 1. The number of hydrogen-bond donors (Lipinski definition) is 1. The number of rotatable bonds is 5. The predicted octanol–water partition coefficient (Wildman–Crippen LogP) is 3.15. The molecule has 0 amide bonds. The lowest BCUT2D eigenvalue weighted by Gasteiger charge is -2.06. The summed E-state index contributed by atoms with van der Waals surface area (Å²) in [6.45, 7) is 0. The molecule has 2 nitrogen and oxygen atoms in total. The van der Waals surface area contributed by atoms with Gasteiger partial charge >= 0.3 is 5.97 Å². The lowest BCUT2D eigenvalue weighted by atomic mass is 10.0. The van der Waals surface area contributed by atoms with Crippen molar-refractivity contribution in [2.75, 3.05) is 0 Å². The average molecular weight is 206 g/mol. The highest BCUT2D eigenvalue weighted by Gasteiger charge is 2.42. The molecular weight excluding hydrogens is 188 g/mol. The second-order valence-corrected chi connectivity index (χ2v) is 4.59. The number of allylic oxidation sites excluding steroid dienone is 4. The summed E-state index contributed by atoms with van der Waals surface area (Å²) >= 11 is 0. The van der Waals surface area contributed by atoms with E-state index in [1.165, 1.54) is 18.4 Å². The van der Waals surface area contributed by atoms with Crippen LogP contribution in [0.5, 0.6) is 0 Å². The first-order valence-corrected chi connectivity index (χ1v) is 5.86. The Morgan fingerprint density at radius 3 is 2.93 bits per heavy atom. The van der Waals surface area contributed by atoms with Crippen molar-refractivity contribution in [3.8, 4) is 0 Å². The van der Waals surface area contributed by atoms with Gasteiger partial charge in [0.1, 0.15) is 0 Å². The number of aliphatic carboxylic acids is 1. The summed E-state index contributed by atoms with van der Waals surface area (Å²) in [6, 6.07) is 0. The third-order valence-corrected chi connectivity index (χ3v) is 3.35. The van der Waals surface area contributed by atoms with Crippen LogP contribution < -0.4 is 0 Å². The van der Waals surface area contributed by atoms with Crippen LogP contribution in [0.4, 0.5) is 0 Å². The lowest BCUT2D eigenvalue weighted by Crippen LogP contribution is -1.99. The molecule has 2 aliphatic rings. The molecule has 2 atom stereocenters. The van der Waals surface area contributed by atoms with Crippen molar-refractivity contribution >= 4 is 5.97 Å². The predicted molar refractivity (Wildman–Crippen MR) is 59.5 cm³/mol. The second kappa shape index (κ2) is 4.65. The topological polar surface area (TPSA) is 37.3 Å². The molecule has 2 rings (SSSR count). The van der Waals surface area contributed by atoms with Crippen LogP contribution in [-0.2, 0) is 4.79 Å². The number of hydrogen-bond acceptors (Lipinski definition) is 1. The molecule has 1 saturated carbocycles. The molecule has 2 heteroatoms. The molecule has 0 radical (unpaired) electrons. The van der Waals surface area contributed by atoms with E-state index in [2.05, 4.69) is 18.2 Å². The van der Waals surface area contributed by atoms with Gasteiger partial charge in [-0.05, 0) is 44.4 Å². The van der Waals surface area contributed by atoms with Crippen molar-refractivity contribution in [2.24, 2.45) is 11.8 Å². The minimum absolute atomic E-state index is 0.0270. The molecule has 0 heterocycles. The van der Waals surface area contributed by atoms with E-state index in [1.54, 1.807) is 0 Å². The van der Waals surface area contributed by atoms with E-state index >= 15 is 0 Å². The van der Waals surface area contributed by atoms with Gasteiger partial charge in [0, 0.05) is 0 Å². The Balaban J connectivity index is 1.62. The van der Waals surface area contributed by atoms with Crippen LogP contribution >= 0.6 is 0 Å². The number of carboxylic acid groups (broad SMARTS) is 1. The molecule has 0 saturated heterocycles. The Morgan fingerprint density at radius 1 is 1.47 bits per heavy atom. The van der Waals surface area contributed by atoms with Gasteiger partial charge in [0.15, 0.2) is 0 Å². The van der Waals surface area contributed by atoms with Gasteiger partial charge in [-0.2, -0.15) is 0 Å². The maximum atomic E-state index is 10.6. The molecule has 0 aromatic rings. The summed E-state index contributed by atoms with van der Waals surface area (Å²) < 4.78 is 0. The molecule has 2 unspecified atom stereocenters. The van der Waals surface area contributed by atoms with Crippen LogP contribution in [0.3, 0.4) is 0 Å². The van der Waals surface area contributed by atoms with Crippen LogP contribution in [0.1, 0.15) is 38.5 Å². The molecule has 1 fully saturated rings. The normalized spacial score (nSPS) is 28.7. The molecule has 1 N–H and O–H groups in total. The van der Waals surface area contributed by atoms with E-state index in [9.17, 15) is 4.79 Å². The van der Waals surface area contributed by atoms with E-state index < -0.39 is 5.97 Å². The van der Waals surface area contributed by atoms with E-state index in [0.29, 0.717) is 5.92 Å². The van der Waals surface area contributed by atoms with Crippen LogP contribution in [0.15, 0.2) is 23.8 Å². The Labute approximate surface area is 90.7 Å². The first-order valence-electron chi connectivity index (χ1n) is 5.86. The maximum Gasteiger partial charge on any atom is 0.306 e. The highest BCUT2D eigenvalue weighted by atomic mass is 16.4. The van der Waals surface area contributed by atoms with Crippen molar-refractivity contribution < 1.29 is 9.90 Å². The van der Waals surface area contributed by atoms with Crippen molar-refractivity contribution in [3.05, 3.63) is 23.8 Å². The molecule has 0 spiro atoms. The Hall–Kier alpha value is -1.05. The zero-order chi connectivity index (χ0) is 10.7. The summed E-state index contributed by atoms with van der Waals surface area (Å²) in [5.41, 5.74) is 1.44. The van der Waals surface area contributed by atoms with Gasteiger partial charge in [-0.3, -0.25) is 4.79 Å². The minimum Gasteiger partial charge on any atom is -0.481 e. The fourth-order valence-electron chi connectivity index (χ4n) is 2.29. The third kappa shape index (κ3) is 2.95. The highest BCUT2D eigenvalue weighted by Crippen LogP contribution is 2.42. The molecule has 82 valence electrons. The fourth-order valence-corrected chi connectivity index (χ4v) is 2.29. The largest absolute Gasteiger partial charge is 0.481 e. The van der Waals surface area contributed by atoms with Gasteiger partial charge < -0.3 is 5.11 Å². The molecule has 0 aromatic carbocycles. The Kier molecular flexibility index (Phi) is 3.24. The first kappa shape index (κ1) is 10.5. The van der Waals surface area contributed by atoms with Gasteiger partial charge in [0.05, 0.1) is 5.92 Å². The molecule has 0 aliphatic heterocycles. The van der Waals surface area contributed by atoms with Crippen molar-refractivity contribution in [2.45, 2.75) is 38.5 Å². The van der Waals surface area contributed by atoms with Gasteiger partial charge in [0.25, 0.3) is 0 Å². The lowest BCUT2D eigenvalue weighted by molar-refractivity contribution is -0.138. The quantitative estimate of drug-likeness (QED) is 0.750. The number of carboxylic acids is 1. The van der Waals surface area contributed by atoms with E-state index in [1.807, 2.05) is 0 Å². The minimum atomic E-state index is -0.600. The first-order chi connectivity index (χ1) is 7.27. The Bertz CT molecular complexity index is 302. The molecule has 0 aromatic heterocycles. The zero-order valence-electron chi connectivity index (χ0n) is 8.98. The standard InChI is InChI=1S/C13H18O2/c14-13(15)12-9-11(12)8-4-7-10-5-2-1-3-6-10/h2,5-6,11-12H,1,3-4,7-9H2,(H,14,15). The van der Waals surface area contributed by atoms with Gasteiger partial charge in [-0.1, -0.05) is 23.8 Å². The average Bonchev–Trinajstić information content (AvgIpc) is 2.99. The molecular formula is C13H18O2. The third-order valence-electron chi connectivity index (χ3n) is 3.35. The second-order valence-electron chi connectivity index (χ2n) is 4.59. The van der Waals surface area contributed by atoms with Crippen LogP contribution in [-0.4, -0.2) is 11.1 Å². The summed E-state index contributed by atoms with van der Waals surface area (Å²) in [4.78, 5) is 10.6. The van der Waals surface area contributed by atoms with Gasteiger partial charge in [-0.25, -0.2) is 0 Å². The van der Waals surface area contributed by atoms with Crippen LogP contribution in [0.2, 0.25) is 0 Å². The van der Waals surface area contributed by atoms with Crippen molar-refractivity contribution in [3.63, 3.8) is 0 Å².